The van der Waals surface area contributed by atoms with Crippen LogP contribution in [-0.4, -0.2) is 49.5 Å². The summed E-state index contributed by atoms with van der Waals surface area (Å²) in [5.74, 6) is -2.07. The topological polar surface area (TPSA) is 101 Å². The second-order valence-corrected chi connectivity index (χ2v) is 7.04. The molecule has 1 aromatic rings. The molecular formula is C13H14ClNO6S. The zero-order valence-corrected chi connectivity index (χ0v) is 13.2. The second-order valence-electron chi connectivity index (χ2n) is 4.74. The Kier molecular flexibility index (Phi) is 4.74. The van der Waals surface area contributed by atoms with E-state index in [0.717, 1.165) is 11.4 Å². The maximum absolute atomic E-state index is 12.7. The number of aliphatic carboxylic acids is 1. The van der Waals surface area contributed by atoms with Gasteiger partial charge in [-0.2, -0.15) is 4.31 Å². The molecule has 1 heterocycles. The number of ether oxygens (including phenoxy) is 1. The van der Waals surface area contributed by atoms with Crippen molar-refractivity contribution in [1.82, 2.24) is 4.31 Å². The van der Waals surface area contributed by atoms with Gasteiger partial charge in [-0.25, -0.2) is 13.2 Å². The maximum atomic E-state index is 12.7. The third-order valence-corrected chi connectivity index (χ3v) is 5.62. The van der Waals surface area contributed by atoms with Crippen LogP contribution in [0.1, 0.15) is 23.2 Å². The zero-order chi connectivity index (χ0) is 16.5. The first-order valence-corrected chi connectivity index (χ1v) is 8.23. The minimum atomic E-state index is -4.14. The summed E-state index contributed by atoms with van der Waals surface area (Å²) in [6.07, 6.45) is 0.674. The molecule has 9 heteroatoms. The van der Waals surface area contributed by atoms with Gasteiger partial charge in [0.1, 0.15) is 6.04 Å². The Morgan fingerprint density at radius 3 is 2.68 bits per heavy atom. The van der Waals surface area contributed by atoms with E-state index in [1.807, 2.05) is 0 Å². The maximum Gasteiger partial charge on any atom is 0.339 e. The highest BCUT2D eigenvalue weighted by molar-refractivity contribution is 7.89. The minimum Gasteiger partial charge on any atom is -0.480 e. The van der Waals surface area contributed by atoms with Gasteiger partial charge in [0, 0.05) is 11.6 Å². The molecule has 120 valence electrons. The summed E-state index contributed by atoms with van der Waals surface area (Å²) in [7, 11) is -3.02. The number of carbonyl (C=O) groups is 2. The van der Waals surface area contributed by atoms with E-state index >= 15 is 0 Å². The summed E-state index contributed by atoms with van der Waals surface area (Å²) >= 11 is 5.80. The van der Waals surface area contributed by atoms with E-state index in [1.165, 1.54) is 18.2 Å². The van der Waals surface area contributed by atoms with Gasteiger partial charge in [0.15, 0.2) is 0 Å². The van der Waals surface area contributed by atoms with Crippen molar-refractivity contribution in [2.24, 2.45) is 0 Å². The molecule has 1 atom stereocenters. The van der Waals surface area contributed by atoms with Crippen LogP contribution in [0, 0.1) is 0 Å². The van der Waals surface area contributed by atoms with E-state index in [1.54, 1.807) is 0 Å². The molecule has 7 nitrogen and oxygen atoms in total. The Bertz CT molecular complexity index is 717. The van der Waals surface area contributed by atoms with Crippen molar-refractivity contribution in [2.75, 3.05) is 13.7 Å². The van der Waals surface area contributed by atoms with Gasteiger partial charge in [-0.1, -0.05) is 11.6 Å². The van der Waals surface area contributed by atoms with Crippen LogP contribution in [0.3, 0.4) is 0 Å². The fraction of sp³-hybridized carbons (Fsp3) is 0.385. The number of hydrogen-bond donors (Lipinski definition) is 1. The van der Waals surface area contributed by atoms with Gasteiger partial charge >= 0.3 is 11.9 Å². The van der Waals surface area contributed by atoms with Crippen LogP contribution in [0.2, 0.25) is 5.02 Å². The summed E-state index contributed by atoms with van der Waals surface area (Å²) in [6, 6.07) is 2.56. The van der Waals surface area contributed by atoms with Gasteiger partial charge in [0.05, 0.1) is 17.6 Å². The van der Waals surface area contributed by atoms with Gasteiger partial charge in [-0.15, -0.1) is 0 Å². The molecule has 0 bridgehead atoms. The van der Waals surface area contributed by atoms with Gasteiger partial charge in [0.25, 0.3) is 0 Å². The number of carboxylic acids is 1. The van der Waals surface area contributed by atoms with E-state index in [2.05, 4.69) is 4.74 Å². The lowest BCUT2D eigenvalue weighted by Gasteiger charge is -2.22. The average Bonchev–Trinajstić information content (AvgIpc) is 2.96. The van der Waals surface area contributed by atoms with Gasteiger partial charge in [-0.3, -0.25) is 4.79 Å². The Hall–Kier alpha value is -1.64. The fourth-order valence-electron chi connectivity index (χ4n) is 2.40. The predicted molar refractivity (Wildman–Crippen MR) is 77.3 cm³/mol. The first kappa shape index (κ1) is 16.7. The largest absolute Gasteiger partial charge is 0.480 e. The second kappa shape index (κ2) is 6.23. The molecule has 0 aromatic heterocycles. The summed E-state index contributed by atoms with van der Waals surface area (Å²) in [4.78, 5) is 22.7. The van der Waals surface area contributed by atoms with Gasteiger partial charge in [-0.05, 0) is 31.0 Å². The summed E-state index contributed by atoms with van der Waals surface area (Å²) in [5.41, 5.74) is -0.217. The van der Waals surface area contributed by atoms with Crippen LogP contribution in [0.25, 0.3) is 0 Å². The normalized spacial score (nSPS) is 19.1. The van der Waals surface area contributed by atoms with Crippen molar-refractivity contribution >= 4 is 33.6 Å². The molecular weight excluding hydrogens is 334 g/mol. The molecule has 0 spiro atoms. The smallest absolute Gasteiger partial charge is 0.339 e. The molecule has 1 aliphatic rings. The Balaban J connectivity index is 2.55. The van der Waals surface area contributed by atoms with Crippen molar-refractivity contribution in [3.8, 4) is 0 Å². The standard InChI is InChI=1S/C13H14ClNO6S/c1-21-13(18)9-7-8(14)4-5-11(9)22(19,20)15-6-2-3-10(15)12(16)17/h4-5,7,10H,2-3,6H2,1H3,(H,16,17)/t10-/m0/s1. The molecule has 2 rings (SSSR count). The highest BCUT2D eigenvalue weighted by Crippen LogP contribution is 2.29. The lowest BCUT2D eigenvalue weighted by molar-refractivity contribution is -0.140. The number of hydrogen-bond acceptors (Lipinski definition) is 5. The van der Waals surface area contributed by atoms with Crippen LogP contribution in [0.4, 0.5) is 0 Å². The number of rotatable bonds is 4. The molecule has 1 aromatic carbocycles. The summed E-state index contributed by atoms with van der Waals surface area (Å²) in [5, 5.41) is 9.32. The number of carbonyl (C=O) groups excluding carboxylic acids is 1. The number of esters is 1. The van der Waals surface area contributed by atoms with Gasteiger partial charge in [0.2, 0.25) is 10.0 Å². The Morgan fingerprint density at radius 2 is 2.09 bits per heavy atom. The molecule has 1 aliphatic heterocycles. The van der Waals surface area contributed by atoms with Crippen LogP contribution in [-0.2, 0) is 19.6 Å². The van der Waals surface area contributed by atoms with Crippen molar-refractivity contribution < 1.29 is 27.9 Å². The van der Waals surface area contributed by atoms with Crippen LogP contribution >= 0.6 is 11.6 Å². The van der Waals surface area contributed by atoms with Crippen molar-refractivity contribution in [3.05, 3.63) is 28.8 Å². The summed E-state index contributed by atoms with van der Waals surface area (Å²) in [6.45, 7) is 0.0859. The lowest BCUT2D eigenvalue weighted by atomic mass is 10.2. The summed E-state index contributed by atoms with van der Waals surface area (Å²) < 4.78 is 30.9. The number of halogens is 1. The quantitative estimate of drug-likeness (QED) is 0.825. The molecule has 1 N–H and O–H groups in total. The number of carboxylic acid groups (broad SMARTS) is 1. The first-order chi connectivity index (χ1) is 10.3. The molecule has 0 radical (unpaired) electrons. The SMILES string of the molecule is COC(=O)c1cc(Cl)ccc1S(=O)(=O)N1CCC[C@H]1C(=O)O. The minimum absolute atomic E-state index is 0.0859. The number of methoxy groups -OCH3 is 1. The van der Waals surface area contributed by atoms with E-state index in [-0.39, 0.29) is 28.4 Å². The highest BCUT2D eigenvalue weighted by Gasteiger charge is 2.41. The lowest BCUT2D eigenvalue weighted by Crippen LogP contribution is -2.40. The van der Waals surface area contributed by atoms with E-state index in [0.29, 0.717) is 6.42 Å². The molecule has 22 heavy (non-hydrogen) atoms. The zero-order valence-electron chi connectivity index (χ0n) is 11.7. The van der Waals surface area contributed by atoms with E-state index in [4.69, 9.17) is 16.7 Å². The molecule has 0 aliphatic carbocycles. The molecule has 1 fully saturated rings. The van der Waals surface area contributed by atoms with Crippen molar-refractivity contribution in [3.63, 3.8) is 0 Å². The van der Waals surface area contributed by atoms with Crippen LogP contribution in [0.15, 0.2) is 23.1 Å². The number of benzene rings is 1. The monoisotopic (exact) mass is 347 g/mol. The Morgan fingerprint density at radius 1 is 1.41 bits per heavy atom. The van der Waals surface area contributed by atoms with Crippen molar-refractivity contribution in [1.29, 1.82) is 0 Å². The van der Waals surface area contributed by atoms with Crippen LogP contribution in [0.5, 0.6) is 0 Å². The average molecular weight is 348 g/mol. The van der Waals surface area contributed by atoms with E-state index in [9.17, 15) is 18.0 Å². The predicted octanol–water partition coefficient (Wildman–Crippen LogP) is 1.36. The van der Waals surface area contributed by atoms with Crippen LogP contribution < -0.4 is 0 Å². The van der Waals surface area contributed by atoms with Crippen molar-refractivity contribution in [2.45, 2.75) is 23.8 Å². The first-order valence-electron chi connectivity index (χ1n) is 6.41. The molecule has 1 saturated heterocycles. The third kappa shape index (κ3) is 2.94. The number of sulfonamides is 1. The highest BCUT2D eigenvalue weighted by atomic mass is 35.5. The molecule has 0 unspecified atom stereocenters. The number of nitrogens with zero attached hydrogens (tertiary/aromatic N) is 1. The molecule has 0 amide bonds. The molecule has 0 saturated carbocycles. The Labute approximate surface area is 132 Å². The van der Waals surface area contributed by atoms with Gasteiger partial charge < -0.3 is 9.84 Å². The third-order valence-electron chi connectivity index (χ3n) is 3.42. The fourth-order valence-corrected chi connectivity index (χ4v) is 4.38. The van der Waals surface area contributed by atoms with E-state index < -0.39 is 28.0 Å².